The van der Waals surface area contributed by atoms with Gasteiger partial charge in [0, 0.05) is 33.3 Å². The smallest absolute Gasteiger partial charge is 0.256 e. The van der Waals surface area contributed by atoms with E-state index in [-0.39, 0.29) is 11.9 Å². The predicted molar refractivity (Wildman–Crippen MR) is 132 cm³/mol. The molecule has 0 radical (unpaired) electrons. The van der Waals surface area contributed by atoms with Gasteiger partial charge in [0.05, 0.1) is 11.9 Å². The number of hydrogen-bond acceptors (Lipinski definition) is 8. The van der Waals surface area contributed by atoms with Crippen LogP contribution in [0.2, 0.25) is 0 Å². The molecular formula is C23H37N7O3. The number of aliphatic hydroxyl groups is 1. The SMILES string of the molecule is CC.CN/C=C\C=C(/C=O)Nc1cc(NC)n2ncc(C(=O)NC3CCCCC3)c2n1.CO. The van der Waals surface area contributed by atoms with Crippen molar-refractivity contribution in [2.75, 3.05) is 31.8 Å². The van der Waals surface area contributed by atoms with Gasteiger partial charge in [-0.05, 0) is 31.2 Å². The fourth-order valence-electron chi connectivity index (χ4n) is 3.38. The van der Waals surface area contributed by atoms with E-state index in [1.807, 2.05) is 13.8 Å². The highest BCUT2D eigenvalue weighted by Gasteiger charge is 2.21. The van der Waals surface area contributed by atoms with Crippen LogP contribution in [0.4, 0.5) is 11.6 Å². The van der Waals surface area contributed by atoms with Crippen LogP contribution in [0.15, 0.2) is 36.3 Å². The molecule has 2 aromatic rings. The molecule has 1 fully saturated rings. The normalized spacial score (nSPS) is 13.9. The number of carbonyl (C=O) groups excluding carboxylic acids is 2. The molecule has 1 aliphatic carbocycles. The molecule has 0 spiro atoms. The van der Waals surface area contributed by atoms with Gasteiger partial charge in [0.15, 0.2) is 11.9 Å². The van der Waals surface area contributed by atoms with Gasteiger partial charge in [-0.25, -0.2) is 4.98 Å². The number of fused-ring (bicyclic) bond motifs is 1. The highest BCUT2D eigenvalue weighted by atomic mass is 16.2. The summed E-state index contributed by atoms with van der Waals surface area (Å²) in [7, 11) is 4.53. The van der Waals surface area contributed by atoms with E-state index >= 15 is 0 Å². The summed E-state index contributed by atoms with van der Waals surface area (Å²) in [4.78, 5) is 28.7. The number of amides is 1. The molecule has 1 saturated carbocycles. The quantitative estimate of drug-likeness (QED) is 0.231. The van der Waals surface area contributed by atoms with Crippen LogP contribution in [-0.2, 0) is 4.79 Å². The van der Waals surface area contributed by atoms with Crippen LogP contribution in [0, 0.1) is 0 Å². The molecule has 5 N–H and O–H groups in total. The first kappa shape index (κ1) is 27.6. The highest BCUT2D eigenvalue weighted by Crippen LogP contribution is 2.21. The maximum Gasteiger partial charge on any atom is 0.256 e. The van der Waals surface area contributed by atoms with Crippen LogP contribution in [-0.4, -0.2) is 59.1 Å². The fraction of sp³-hybridized carbons (Fsp3) is 0.478. The summed E-state index contributed by atoms with van der Waals surface area (Å²) in [5, 5.41) is 23.3. The number of aldehydes is 1. The van der Waals surface area contributed by atoms with E-state index in [4.69, 9.17) is 5.11 Å². The third-order valence-corrected chi connectivity index (χ3v) is 4.85. The maximum atomic E-state index is 12.8. The third-order valence-electron chi connectivity index (χ3n) is 4.85. The number of allylic oxidation sites excluding steroid dienone is 3. The molecule has 10 heteroatoms. The Kier molecular flexibility index (Phi) is 12.9. The average Bonchev–Trinajstić information content (AvgIpc) is 3.30. The van der Waals surface area contributed by atoms with E-state index < -0.39 is 0 Å². The number of aliphatic hydroxyl groups excluding tert-OH is 1. The van der Waals surface area contributed by atoms with E-state index in [9.17, 15) is 9.59 Å². The minimum Gasteiger partial charge on any atom is -0.400 e. The molecule has 182 valence electrons. The highest BCUT2D eigenvalue weighted by molar-refractivity contribution is 6.00. The lowest BCUT2D eigenvalue weighted by molar-refractivity contribution is -0.104. The van der Waals surface area contributed by atoms with E-state index in [0.717, 1.165) is 32.8 Å². The summed E-state index contributed by atoms with van der Waals surface area (Å²) in [6, 6.07) is 1.92. The standard InChI is InChI=1S/C20H27N7O2.C2H6.CH4O/c1-21-10-6-9-15(13-28)24-17-11-18(22-2)27-19(26-17)16(12-23-27)20(29)25-14-7-4-3-5-8-14;2*1-2/h6,9-14,21-22H,3-5,7-8H2,1-2H3,(H,24,26)(H,25,29);1-2H3;2H,1H3/b10-6-,15-9+;;. The summed E-state index contributed by atoms with van der Waals surface area (Å²) in [5.41, 5.74) is 1.16. The van der Waals surface area contributed by atoms with E-state index in [1.54, 1.807) is 43.0 Å². The molecule has 0 atom stereocenters. The van der Waals surface area contributed by atoms with Crippen molar-refractivity contribution in [1.82, 2.24) is 25.2 Å². The first-order chi connectivity index (χ1) is 16.2. The number of rotatable bonds is 8. The molecule has 2 aromatic heterocycles. The summed E-state index contributed by atoms with van der Waals surface area (Å²) in [5.74, 6) is 0.900. The number of hydrogen-bond donors (Lipinski definition) is 5. The molecule has 2 heterocycles. The van der Waals surface area contributed by atoms with Crippen molar-refractivity contribution in [3.05, 3.63) is 41.9 Å². The Hall–Kier alpha value is -3.40. The minimum absolute atomic E-state index is 0.179. The topological polar surface area (TPSA) is 133 Å². The Morgan fingerprint density at radius 2 is 1.88 bits per heavy atom. The van der Waals surface area contributed by atoms with E-state index in [0.29, 0.717) is 34.8 Å². The van der Waals surface area contributed by atoms with Crippen molar-refractivity contribution >= 4 is 29.5 Å². The van der Waals surface area contributed by atoms with Gasteiger partial charge in [-0.15, -0.1) is 0 Å². The summed E-state index contributed by atoms with van der Waals surface area (Å²) < 4.78 is 1.58. The van der Waals surface area contributed by atoms with Gasteiger partial charge in [0.25, 0.3) is 5.91 Å². The van der Waals surface area contributed by atoms with Crippen LogP contribution >= 0.6 is 0 Å². The lowest BCUT2D eigenvalue weighted by atomic mass is 9.95. The van der Waals surface area contributed by atoms with Crippen molar-refractivity contribution in [3.8, 4) is 0 Å². The Morgan fingerprint density at radius 3 is 2.48 bits per heavy atom. The fourth-order valence-corrected chi connectivity index (χ4v) is 3.38. The molecule has 0 saturated heterocycles. The van der Waals surface area contributed by atoms with Gasteiger partial charge in [-0.2, -0.15) is 9.61 Å². The van der Waals surface area contributed by atoms with Gasteiger partial charge >= 0.3 is 0 Å². The molecule has 33 heavy (non-hydrogen) atoms. The Morgan fingerprint density at radius 1 is 1.18 bits per heavy atom. The van der Waals surface area contributed by atoms with Crippen LogP contribution in [0.5, 0.6) is 0 Å². The van der Waals surface area contributed by atoms with Crippen molar-refractivity contribution in [2.45, 2.75) is 52.0 Å². The molecule has 3 rings (SSSR count). The second-order valence-electron chi connectivity index (χ2n) is 6.89. The number of aromatic nitrogens is 3. The van der Waals surface area contributed by atoms with Gasteiger partial charge in [-0.1, -0.05) is 33.1 Å². The first-order valence-electron chi connectivity index (χ1n) is 11.2. The number of nitrogens with zero attached hydrogens (tertiary/aromatic N) is 3. The minimum atomic E-state index is -0.179. The number of nitrogens with one attached hydrogen (secondary N) is 4. The van der Waals surface area contributed by atoms with Gasteiger partial charge in [-0.3, -0.25) is 9.59 Å². The van der Waals surface area contributed by atoms with Crippen LogP contribution < -0.4 is 21.3 Å². The van der Waals surface area contributed by atoms with E-state index in [1.165, 1.54) is 12.6 Å². The monoisotopic (exact) mass is 459 g/mol. The number of carbonyl (C=O) groups is 2. The largest absolute Gasteiger partial charge is 0.400 e. The Bertz CT molecular complexity index is 932. The Balaban J connectivity index is 0.00000129. The van der Waals surface area contributed by atoms with Gasteiger partial charge in [0.1, 0.15) is 17.2 Å². The molecule has 1 amide bonds. The summed E-state index contributed by atoms with van der Waals surface area (Å²) in [6.07, 6.45) is 12.8. The molecule has 0 aromatic carbocycles. The summed E-state index contributed by atoms with van der Waals surface area (Å²) >= 11 is 0. The molecule has 0 aliphatic heterocycles. The van der Waals surface area contributed by atoms with Crippen molar-refractivity contribution in [3.63, 3.8) is 0 Å². The predicted octanol–water partition coefficient (Wildman–Crippen LogP) is 2.70. The lowest BCUT2D eigenvalue weighted by Gasteiger charge is -2.22. The van der Waals surface area contributed by atoms with Crippen molar-refractivity contribution in [1.29, 1.82) is 0 Å². The zero-order chi connectivity index (χ0) is 24.6. The molecule has 1 aliphatic rings. The third kappa shape index (κ3) is 7.90. The zero-order valence-corrected chi connectivity index (χ0v) is 20.2. The van der Waals surface area contributed by atoms with Crippen LogP contribution in [0.3, 0.4) is 0 Å². The molecular weight excluding hydrogens is 422 g/mol. The second-order valence-corrected chi connectivity index (χ2v) is 6.89. The molecule has 0 unspecified atom stereocenters. The zero-order valence-electron chi connectivity index (χ0n) is 20.2. The van der Waals surface area contributed by atoms with Crippen molar-refractivity contribution < 1.29 is 14.7 Å². The second kappa shape index (κ2) is 15.4. The van der Waals surface area contributed by atoms with Crippen molar-refractivity contribution in [2.24, 2.45) is 0 Å². The molecule has 0 bridgehead atoms. The van der Waals surface area contributed by atoms with E-state index in [2.05, 4.69) is 31.3 Å². The molecule has 10 nitrogen and oxygen atoms in total. The Labute approximate surface area is 195 Å². The van der Waals surface area contributed by atoms with Crippen LogP contribution in [0.1, 0.15) is 56.3 Å². The maximum absolute atomic E-state index is 12.8. The number of anilines is 2. The lowest BCUT2D eigenvalue weighted by Crippen LogP contribution is -2.36. The summed E-state index contributed by atoms with van der Waals surface area (Å²) in [6.45, 7) is 4.00. The first-order valence-corrected chi connectivity index (χ1v) is 11.2. The van der Waals surface area contributed by atoms with Gasteiger partial charge < -0.3 is 26.4 Å². The average molecular weight is 460 g/mol. The van der Waals surface area contributed by atoms with Gasteiger partial charge in [0.2, 0.25) is 0 Å². The van der Waals surface area contributed by atoms with Crippen LogP contribution in [0.25, 0.3) is 5.65 Å².